The molecule has 1 aliphatic rings. The first-order valence-corrected chi connectivity index (χ1v) is 10.2. The molecule has 1 heteroatoms. The van der Waals surface area contributed by atoms with Gasteiger partial charge in [-0.2, -0.15) is 0 Å². The molecule has 3 rings (SSSR count). The van der Waals surface area contributed by atoms with Gasteiger partial charge in [0, 0.05) is 5.25 Å². The molecule has 0 nitrogen and oxygen atoms in total. The molecule has 0 bridgehead atoms. The van der Waals surface area contributed by atoms with Gasteiger partial charge in [0.25, 0.3) is 0 Å². The normalized spacial score (nSPS) is 15.1. The topological polar surface area (TPSA) is 0 Å². The number of allylic oxidation sites excluding steroid dienone is 2. The van der Waals surface area contributed by atoms with Crippen LogP contribution >= 0.6 is 11.8 Å². The molecule has 0 amide bonds. The van der Waals surface area contributed by atoms with Gasteiger partial charge < -0.3 is 0 Å². The van der Waals surface area contributed by atoms with Crippen LogP contribution in [0, 0.1) is 25.7 Å². The Labute approximate surface area is 163 Å². The summed E-state index contributed by atoms with van der Waals surface area (Å²) >= 11 is 1.90. The van der Waals surface area contributed by atoms with Gasteiger partial charge in [-0.3, -0.25) is 0 Å². The molecule has 26 heavy (non-hydrogen) atoms. The highest BCUT2D eigenvalue weighted by Gasteiger charge is 2.21. The highest BCUT2D eigenvalue weighted by atomic mass is 32.2. The van der Waals surface area contributed by atoms with Crippen molar-refractivity contribution in [1.29, 1.82) is 0 Å². The highest BCUT2D eigenvalue weighted by molar-refractivity contribution is 8.03. The van der Waals surface area contributed by atoms with Crippen molar-refractivity contribution < 1.29 is 0 Å². The molecule has 0 saturated carbocycles. The Balaban J connectivity index is 0.00000117. The van der Waals surface area contributed by atoms with E-state index in [-0.39, 0.29) is 0 Å². The zero-order chi connectivity index (χ0) is 18.9. The zero-order valence-electron chi connectivity index (χ0n) is 16.5. The molecule has 0 fully saturated rings. The van der Waals surface area contributed by atoms with E-state index in [4.69, 9.17) is 0 Å². The third kappa shape index (κ3) is 4.93. The predicted molar refractivity (Wildman–Crippen MR) is 119 cm³/mol. The largest absolute Gasteiger partial charge is 0.109 e. The first-order valence-electron chi connectivity index (χ1n) is 9.32. The van der Waals surface area contributed by atoms with Crippen molar-refractivity contribution in [3.63, 3.8) is 0 Å². The van der Waals surface area contributed by atoms with Gasteiger partial charge in [0.05, 0.1) is 4.91 Å². The third-order valence-corrected chi connectivity index (χ3v) is 5.47. The molecule has 1 unspecified atom stereocenters. The average molecular weight is 361 g/mol. The highest BCUT2D eigenvalue weighted by Crippen LogP contribution is 2.46. The van der Waals surface area contributed by atoms with Crippen molar-refractivity contribution >= 4 is 22.5 Å². The Hall–Kier alpha value is -2.17. The third-order valence-electron chi connectivity index (χ3n) is 4.23. The van der Waals surface area contributed by atoms with Crippen molar-refractivity contribution in [3.05, 3.63) is 82.3 Å². The molecule has 2 aromatic carbocycles. The van der Waals surface area contributed by atoms with Crippen LogP contribution in [0.4, 0.5) is 0 Å². The van der Waals surface area contributed by atoms with Crippen LogP contribution in [0.2, 0.25) is 0 Å². The van der Waals surface area contributed by atoms with Crippen molar-refractivity contribution in [2.24, 2.45) is 0 Å². The lowest BCUT2D eigenvalue weighted by Gasteiger charge is -2.15. The van der Waals surface area contributed by atoms with Gasteiger partial charge in [-0.25, -0.2) is 0 Å². The maximum absolute atomic E-state index is 3.22. The summed E-state index contributed by atoms with van der Waals surface area (Å²) in [5.41, 5.74) is 4.05. The molecule has 134 valence electrons. The van der Waals surface area contributed by atoms with Gasteiger partial charge in [0.2, 0.25) is 0 Å². The fraction of sp³-hybridized carbons (Fsp3) is 0.280. The number of fused-ring (bicyclic) bond motifs is 1. The van der Waals surface area contributed by atoms with Crippen molar-refractivity contribution in [3.8, 4) is 11.8 Å². The summed E-state index contributed by atoms with van der Waals surface area (Å²) in [4.78, 5) is 1.20. The lowest BCUT2D eigenvalue weighted by molar-refractivity contribution is 0.989. The van der Waals surface area contributed by atoms with Gasteiger partial charge >= 0.3 is 0 Å². The molecular formula is C25H28S. The first-order chi connectivity index (χ1) is 12.7. The van der Waals surface area contributed by atoms with E-state index in [1.807, 2.05) is 32.5 Å². The average Bonchev–Trinajstić information content (AvgIpc) is 3.10. The molecule has 0 N–H and O–H groups in total. The van der Waals surface area contributed by atoms with Crippen molar-refractivity contribution in [2.45, 2.75) is 46.3 Å². The number of aryl methyl sites for hydroxylation is 2. The molecule has 1 heterocycles. The quantitative estimate of drug-likeness (QED) is 0.470. The molecule has 0 spiro atoms. The van der Waals surface area contributed by atoms with Crippen molar-refractivity contribution in [2.75, 3.05) is 0 Å². The lowest BCUT2D eigenvalue weighted by atomic mass is 9.97. The summed E-state index contributed by atoms with van der Waals surface area (Å²) in [6.45, 7) is 10.3. The number of rotatable bonds is 1. The molecule has 0 aromatic heterocycles. The van der Waals surface area contributed by atoms with Gasteiger partial charge in [0.15, 0.2) is 0 Å². The molecular weight excluding hydrogens is 332 g/mol. The van der Waals surface area contributed by atoms with E-state index in [2.05, 4.69) is 86.4 Å². The van der Waals surface area contributed by atoms with Crippen LogP contribution in [0.25, 0.3) is 10.8 Å². The van der Waals surface area contributed by atoms with Gasteiger partial charge in [-0.1, -0.05) is 86.0 Å². The van der Waals surface area contributed by atoms with E-state index in [0.29, 0.717) is 5.25 Å². The Morgan fingerprint density at radius 3 is 2.42 bits per heavy atom. The monoisotopic (exact) mass is 360 g/mol. The van der Waals surface area contributed by atoms with Gasteiger partial charge in [-0.15, -0.1) is 17.7 Å². The second-order valence-electron chi connectivity index (χ2n) is 6.08. The van der Waals surface area contributed by atoms with Crippen LogP contribution < -0.4 is 0 Å². The summed E-state index contributed by atoms with van der Waals surface area (Å²) in [7, 11) is 0. The minimum absolute atomic E-state index is 0.434. The minimum Gasteiger partial charge on any atom is -0.109 e. The Morgan fingerprint density at radius 2 is 1.69 bits per heavy atom. The second-order valence-corrected chi connectivity index (χ2v) is 7.32. The van der Waals surface area contributed by atoms with Gasteiger partial charge in [0.1, 0.15) is 0 Å². The Kier molecular flexibility index (Phi) is 7.82. The van der Waals surface area contributed by atoms with E-state index in [9.17, 15) is 0 Å². The van der Waals surface area contributed by atoms with Crippen LogP contribution in [0.5, 0.6) is 0 Å². The SMILES string of the molecule is CC.CC#CC1=CCC(c2c(C)ccccccc3cc(C)ccc23)S1. The molecule has 0 saturated heterocycles. The summed E-state index contributed by atoms with van der Waals surface area (Å²) in [6.07, 6.45) is 3.32. The van der Waals surface area contributed by atoms with E-state index >= 15 is 0 Å². The van der Waals surface area contributed by atoms with E-state index < -0.39 is 0 Å². The Morgan fingerprint density at radius 1 is 0.962 bits per heavy atom. The van der Waals surface area contributed by atoms with Gasteiger partial charge in [-0.05, 0) is 49.1 Å². The maximum Gasteiger partial charge on any atom is 0.0539 e. The Bertz CT molecular complexity index is 908. The summed E-state index contributed by atoms with van der Waals surface area (Å²) in [5.74, 6) is 6.24. The summed E-state index contributed by atoms with van der Waals surface area (Å²) < 4.78 is 0. The molecule has 2 aromatic rings. The van der Waals surface area contributed by atoms with Crippen LogP contribution in [-0.2, 0) is 0 Å². The first kappa shape index (κ1) is 20.1. The minimum atomic E-state index is 0.434. The predicted octanol–water partition coefficient (Wildman–Crippen LogP) is 7.69. The van der Waals surface area contributed by atoms with Crippen molar-refractivity contribution in [1.82, 2.24) is 0 Å². The molecule has 1 aliphatic heterocycles. The molecule has 0 radical (unpaired) electrons. The van der Waals surface area contributed by atoms with Crippen LogP contribution in [0.15, 0.2) is 65.6 Å². The summed E-state index contributed by atoms with van der Waals surface area (Å²) in [6, 6.07) is 19.6. The number of benzene rings is 1. The van der Waals surface area contributed by atoms with E-state index in [1.54, 1.807) is 0 Å². The molecule has 1 atom stereocenters. The standard InChI is InChI=1S/C23H22S.C2H6/c1-4-9-20-13-15-22(24-20)23-18(3)10-7-5-6-8-11-19-16-17(2)12-14-21(19)23;1-2/h5-8,10-14,16,22H,15H2,1-3H3;1-2H3. The fourth-order valence-electron chi connectivity index (χ4n) is 3.13. The van der Waals surface area contributed by atoms with Crippen LogP contribution in [0.1, 0.15) is 49.1 Å². The maximum atomic E-state index is 3.22. The number of hydrogen-bond acceptors (Lipinski definition) is 1. The number of thioether (sulfide) groups is 1. The second kappa shape index (κ2) is 10.1. The smallest absolute Gasteiger partial charge is 0.0539 e. The fourth-order valence-corrected chi connectivity index (χ4v) is 4.41. The zero-order valence-corrected chi connectivity index (χ0v) is 17.3. The van der Waals surface area contributed by atoms with Crippen LogP contribution in [0.3, 0.4) is 0 Å². The van der Waals surface area contributed by atoms with E-state index in [1.165, 1.54) is 32.4 Å². The number of hydrogen-bond donors (Lipinski definition) is 0. The van der Waals surface area contributed by atoms with E-state index in [0.717, 1.165) is 6.42 Å². The van der Waals surface area contributed by atoms with Crippen LogP contribution in [-0.4, -0.2) is 0 Å². The molecule has 0 aliphatic carbocycles. The lowest BCUT2D eigenvalue weighted by Crippen LogP contribution is -1.94. The summed E-state index contributed by atoms with van der Waals surface area (Å²) in [5, 5.41) is 3.06.